The zero-order valence-corrected chi connectivity index (χ0v) is 15.7. The summed E-state index contributed by atoms with van der Waals surface area (Å²) in [5, 5.41) is 3.90. The number of rotatable bonds is 5. The molecule has 0 unspecified atom stereocenters. The Morgan fingerprint density at radius 2 is 2.12 bits per heavy atom. The highest BCUT2D eigenvalue weighted by Crippen LogP contribution is 2.23. The zero-order chi connectivity index (χ0) is 18.4. The van der Waals surface area contributed by atoms with E-state index in [9.17, 15) is 4.79 Å². The van der Waals surface area contributed by atoms with Crippen molar-refractivity contribution in [2.24, 2.45) is 0 Å². The van der Waals surface area contributed by atoms with Crippen LogP contribution >= 0.6 is 11.3 Å². The molecule has 0 radical (unpaired) electrons. The third-order valence-electron chi connectivity index (χ3n) is 3.66. The molecule has 0 aliphatic rings. The number of nitrogens with zero attached hydrogens (tertiary/aromatic N) is 1. The van der Waals surface area contributed by atoms with E-state index in [-0.39, 0.29) is 5.91 Å². The molecule has 3 aromatic rings. The normalized spacial score (nSPS) is 10.2. The number of fused-ring (bicyclic) bond motifs is 1. The first-order valence-electron chi connectivity index (χ1n) is 8.53. The highest BCUT2D eigenvalue weighted by Gasteiger charge is 2.09. The quantitative estimate of drug-likeness (QED) is 0.645. The topological polar surface area (TPSA) is 51.2 Å². The van der Waals surface area contributed by atoms with E-state index in [0.717, 1.165) is 28.1 Å². The molecule has 1 N–H and O–H groups in total. The molecular weight excluding hydrogens is 344 g/mol. The van der Waals surface area contributed by atoms with Gasteiger partial charge >= 0.3 is 0 Å². The summed E-state index contributed by atoms with van der Waals surface area (Å²) in [4.78, 5) is 16.9. The van der Waals surface area contributed by atoms with E-state index in [0.29, 0.717) is 23.6 Å². The summed E-state index contributed by atoms with van der Waals surface area (Å²) in [6, 6.07) is 12.9. The van der Waals surface area contributed by atoms with Gasteiger partial charge in [-0.2, -0.15) is 0 Å². The number of carbonyl (C=O) groups is 1. The van der Waals surface area contributed by atoms with E-state index in [1.165, 1.54) is 0 Å². The Bertz CT molecular complexity index is 982. The van der Waals surface area contributed by atoms with Crippen LogP contribution in [0.2, 0.25) is 0 Å². The number of carbonyl (C=O) groups excluding carboxylic acids is 1. The molecular formula is C21H20N2O2S. The third-order valence-corrected chi connectivity index (χ3v) is 4.59. The first kappa shape index (κ1) is 18.0. The molecule has 0 spiro atoms. The molecule has 0 aliphatic carbocycles. The van der Waals surface area contributed by atoms with Gasteiger partial charge < -0.3 is 10.1 Å². The van der Waals surface area contributed by atoms with Crippen LogP contribution in [0.1, 0.15) is 35.1 Å². The van der Waals surface area contributed by atoms with Crippen molar-refractivity contribution in [1.29, 1.82) is 0 Å². The maximum Gasteiger partial charge on any atom is 0.255 e. The molecule has 132 valence electrons. The molecule has 0 aliphatic heterocycles. The summed E-state index contributed by atoms with van der Waals surface area (Å²) in [6.07, 6.45) is 1.92. The fourth-order valence-corrected chi connectivity index (χ4v) is 3.30. The number of hydrogen-bond donors (Lipinski definition) is 1. The number of thiazole rings is 1. The predicted molar refractivity (Wildman–Crippen MR) is 107 cm³/mol. The van der Waals surface area contributed by atoms with Crippen LogP contribution in [-0.2, 0) is 0 Å². The average Bonchev–Trinajstić information content (AvgIpc) is 3.01. The van der Waals surface area contributed by atoms with Gasteiger partial charge in [0.2, 0.25) is 0 Å². The number of ether oxygens (including phenoxy) is 1. The lowest BCUT2D eigenvalue weighted by atomic mass is 10.2. The molecule has 0 atom stereocenters. The molecule has 1 aromatic heterocycles. The minimum Gasteiger partial charge on any atom is -0.481 e. The zero-order valence-electron chi connectivity index (χ0n) is 14.8. The minimum absolute atomic E-state index is 0.155. The van der Waals surface area contributed by atoms with Gasteiger partial charge in [0.25, 0.3) is 5.91 Å². The molecule has 0 bridgehead atoms. The second kappa shape index (κ2) is 8.50. The van der Waals surface area contributed by atoms with Crippen molar-refractivity contribution in [3.8, 4) is 17.6 Å². The summed E-state index contributed by atoms with van der Waals surface area (Å²) in [6.45, 7) is 4.40. The molecule has 2 aromatic carbocycles. The maximum atomic E-state index is 12.5. The largest absolute Gasteiger partial charge is 0.481 e. The molecule has 1 heterocycles. The van der Waals surface area contributed by atoms with Crippen LogP contribution in [0.25, 0.3) is 10.2 Å². The van der Waals surface area contributed by atoms with E-state index in [2.05, 4.69) is 29.1 Å². The summed E-state index contributed by atoms with van der Waals surface area (Å²) < 4.78 is 6.62. The van der Waals surface area contributed by atoms with Gasteiger partial charge in [0, 0.05) is 23.7 Å². The predicted octanol–water partition coefficient (Wildman–Crippen LogP) is 5.04. The van der Waals surface area contributed by atoms with Gasteiger partial charge in [-0.1, -0.05) is 24.8 Å². The summed E-state index contributed by atoms with van der Waals surface area (Å²) in [5.41, 5.74) is 2.22. The van der Waals surface area contributed by atoms with Gasteiger partial charge in [-0.25, -0.2) is 4.98 Å². The number of amides is 1. The molecule has 0 saturated heterocycles. The lowest BCUT2D eigenvalue weighted by Gasteiger charge is -2.08. The molecule has 1 amide bonds. The van der Waals surface area contributed by atoms with Gasteiger partial charge in [0.15, 0.2) is 0 Å². The lowest BCUT2D eigenvalue weighted by Crippen LogP contribution is -2.11. The Morgan fingerprint density at radius 3 is 2.96 bits per heavy atom. The van der Waals surface area contributed by atoms with Crippen molar-refractivity contribution >= 4 is 33.1 Å². The van der Waals surface area contributed by atoms with E-state index in [4.69, 9.17) is 4.74 Å². The Morgan fingerprint density at radius 1 is 1.23 bits per heavy atom. The van der Waals surface area contributed by atoms with Crippen LogP contribution in [0.15, 0.2) is 42.5 Å². The molecule has 5 heteroatoms. The van der Waals surface area contributed by atoms with E-state index < -0.39 is 0 Å². The summed E-state index contributed by atoms with van der Waals surface area (Å²) in [7, 11) is 0. The van der Waals surface area contributed by atoms with Crippen molar-refractivity contribution in [3.63, 3.8) is 0 Å². The SMILES string of the molecule is CCCC#CCOc1cccc(NC(=O)c2ccc3nc(C)sc3c2)c1. The fourth-order valence-electron chi connectivity index (χ4n) is 2.43. The lowest BCUT2D eigenvalue weighted by molar-refractivity contribution is 0.102. The Hall–Kier alpha value is -2.84. The second-order valence-corrected chi connectivity index (χ2v) is 7.02. The van der Waals surface area contributed by atoms with E-state index in [1.807, 2.05) is 37.3 Å². The second-order valence-electron chi connectivity index (χ2n) is 5.79. The number of aryl methyl sites for hydroxylation is 1. The van der Waals surface area contributed by atoms with Gasteiger partial charge in [-0.05, 0) is 43.7 Å². The number of nitrogens with one attached hydrogen (secondary N) is 1. The van der Waals surface area contributed by atoms with Crippen molar-refractivity contribution < 1.29 is 9.53 Å². The Labute approximate surface area is 157 Å². The highest BCUT2D eigenvalue weighted by molar-refractivity contribution is 7.18. The minimum atomic E-state index is -0.155. The Kier molecular flexibility index (Phi) is 5.88. The smallest absolute Gasteiger partial charge is 0.255 e. The molecule has 3 rings (SSSR count). The van der Waals surface area contributed by atoms with Crippen LogP contribution in [0.4, 0.5) is 5.69 Å². The molecule has 26 heavy (non-hydrogen) atoms. The Balaban J connectivity index is 1.66. The number of unbranched alkanes of at least 4 members (excludes halogenated alkanes) is 1. The van der Waals surface area contributed by atoms with Crippen molar-refractivity contribution in [2.75, 3.05) is 11.9 Å². The third kappa shape index (κ3) is 4.62. The van der Waals surface area contributed by atoms with Crippen LogP contribution < -0.4 is 10.1 Å². The average molecular weight is 364 g/mol. The number of anilines is 1. The van der Waals surface area contributed by atoms with Gasteiger partial charge in [-0.15, -0.1) is 11.3 Å². The van der Waals surface area contributed by atoms with Gasteiger partial charge in [0.1, 0.15) is 12.4 Å². The monoisotopic (exact) mass is 364 g/mol. The summed E-state index contributed by atoms with van der Waals surface area (Å²) >= 11 is 1.58. The fraction of sp³-hybridized carbons (Fsp3) is 0.238. The first-order valence-corrected chi connectivity index (χ1v) is 9.34. The number of hydrogen-bond acceptors (Lipinski definition) is 4. The highest BCUT2D eigenvalue weighted by atomic mass is 32.1. The van der Waals surface area contributed by atoms with Crippen molar-refractivity contribution in [2.45, 2.75) is 26.7 Å². The van der Waals surface area contributed by atoms with Crippen molar-refractivity contribution in [3.05, 3.63) is 53.0 Å². The molecule has 0 saturated carbocycles. The van der Waals surface area contributed by atoms with E-state index in [1.54, 1.807) is 23.5 Å². The van der Waals surface area contributed by atoms with E-state index >= 15 is 0 Å². The van der Waals surface area contributed by atoms with Crippen LogP contribution in [-0.4, -0.2) is 17.5 Å². The molecule has 0 fully saturated rings. The summed E-state index contributed by atoms with van der Waals surface area (Å²) in [5.74, 6) is 6.54. The molecule has 4 nitrogen and oxygen atoms in total. The van der Waals surface area contributed by atoms with Gasteiger partial charge in [-0.3, -0.25) is 4.79 Å². The van der Waals surface area contributed by atoms with Crippen LogP contribution in [0, 0.1) is 18.8 Å². The van der Waals surface area contributed by atoms with Gasteiger partial charge in [0.05, 0.1) is 15.2 Å². The van der Waals surface area contributed by atoms with Crippen LogP contribution in [0.3, 0.4) is 0 Å². The number of aromatic nitrogens is 1. The first-order chi connectivity index (χ1) is 12.7. The van der Waals surface area contributed by atoms with Crippen LogP contribution in [0.5, 0.6) is 5.75 Å². The van der Waals surface area contributed by atoms with Crippen molar-refractivity contribution in [1.82, 2.24) is 4.98 Å². The maximum absolute atomic E-state index is 12.5. The standard InChI is InChI=1S/C21H20N2O2S/c1-3-4-5-6-12-25-18-9-7-8-17(14-18)23-21(24)16-10-11-19-20(13-16)26-15(2)22-19/h7-11,13-14H,3-4,12H2,1-2H3,(H,23,24). The number of benzene rings is 2.